The van der Waals surface area contributed by atoms with Crippen molar-refractivity contribution in [3.8, 4) is 0 Å². The van der Waals surface area contributed by atoms with Gasteiger partial charge in [-0.05, 0) is 6.92 Å². The van der Waals surface area contributed by atoms with Crippen LogP contribution in [0.25, 0.3) is 0 Å². The van der Waals surface area contributed by atoms with Crippen molar-refractivity contribution in [2.45, 2.75) is 19.0 Å². The van der Waals surface area contributed by atoms with Crippen LogP contribution in [0.15, 0.2) is 11.1 Å². The van der Waals surface area contributed by atoms with Crippen LogP contribution in [0.3, 0.4) is 0 Å². The van der Waals surface area contributed by atoms with Crippen LogP contribution in [0.5, 0.6) is 0 Å². The van der Waals surface area contributed by atoms with E-state index in [0.29, 0.717) is 4.57 Å². The molecule has 9 heteroatoms. The van der Waals surface area contributed by atoms with Crippen LogP contribution in [0.2, 0.25) is 0 Å². The minimum absolute atomic E-state index is 0.136. The van der Waals surface area contributed by atoms with E-state index in [1.54, 1.807) is 0 Å². The molecule has 0 aliphatic rings. The zero-order valence-corrected chi connectivity index (χ0v) is 9.44. The molecule has 4 nitrogen and oxygen atoms in total. The van der Waals surface area contributed by atoms with Gasteiger partial charge in [-0.1, -0.05) is 0 Å². The van der Waals surface area contributed by atoms with Crippen LogP contribution in [-0.4, -0.2) is 25.0 Å². The summed E-state index contributed by atoms with van der Waals surface area (Å²) in [7, 11) is -3.07. The summed E-state index contributed by atoms with van der Waals surface area (Å²) < 4.78 is 60.1. The lowest BCUT2D eigenvalue weighted by Gasteiger charge is -2.08. The molecule has 0 bridgehead atoms. The molecule has 1 aromatic rings. The van der Waals surface area contributed by atoms with Gasteiger partial charge in [0.25, 0.3) is 5.56 Å². The average molecular weight is 272 g/mol. The Kier molecular flexibility index (Phi) is 4.02. The van der Waals surface area contributed by atoms with Gasteiger partial charge in [-0.3, -0.25) is 13.6 Å². The molecule has 0 amide bonds. The van der Waals surface area contributed by atoms with Gasteiger partial charge in [0.05, 0.1) is 17.8 Å². The maximum atomic E-state index is 13.1. The first-order chi connectivity index (χ1) is 7.73. The lowest BCUT2D eigenvalue weighted by molar-refractivity contribution is -0.0384. The molecule has 1 aromatic heterocycles. The smallest absolute Gasteiger partial charge is 0.296 e. The molecule has 0 aliphatic carbocycles. The minimum atomic E-state index is -4.83. The van der Waals surface area contributed by atoms with Gasteiger partial charge < -0.3 is 0 Å². The fourth-order valence-corrected chi connectivity index (χ4v) is 1.60. The molecule has 17 heavy (non-hydrogen) atoms. The third kappa shape index (κ3) is 3.35. The second kappa shape index (κ2) is 4.94. The number of nitrogens with zero attached hydrogens (tertiary/aromatic N) is 2. The van der Waals surface area contributed by atoms with E-state index in [-0.39, 0.29) is 5.69 Å². The minimum Gasteiger partial charge on any atom is -0.296 e. The topological polar surface area (TPSA) is 52.0 Å². The van der Waals surface area contributed by atoms with Crippen molar-refractivity contribution in [3.05, 3.63) is 28.2 Å². The predicted octanol–water partition coefficient (Wildman–Crippen LogP) is 0.959. The van der Waals surface area contributed by atoms with E-state index in [4.69, 9.17) is 0 Å². The Hall–Kier alpha value is -1.25. The zero-order valence-electron chi connectivity index (χ0n) is 8.62. The summed E-state index contributed by atoms with van der Waals surface area (Å²) in [6.07, 6.45) is 0.925. The molecule has 1 rings (SSSR count). The number of alkyl halides is 3. The van der Waals surface area contributed by atoms with Crippen molar-refractivity contribution >= 4 is 10.8 Å². The summed E-state index contributed by atoms with van der Waals surface area (Å²) in [5.74, 6) is -1.93. The van der Waals surface area contributed by atoms with Crippen molar-refractivity contribution in [2.75, 3.05) is 5.75 Å². The van der Waals surface area contributed by atoms with Gasteiger partial charge in [0.15, 0.2) is 0 Å². The molecule has 0 aromatic carbocycles. The summed E-state index contributed by atoms with van der Waals surface area (Å²) in [6, 6.07) is 0. The molecule has 96 valence electrons. The molecule has 0 spiro atoms. The number of hydrogen-bond donors (Lipinski definition) is 0. The first kappa shape index (κ1) is 13.8. The molecule has 1 heterocycles. The third-order valence-electron chi connectivity index (χ3n) is 1.93. The van der Waals surface area contributed by atoms with Gasteiger partial charge in [-0.2, -0.15) is 17.6 Å². The fourth-order valence-electron chi connectivity index (χ4n) is 1.00. The van der Waals surface area contributed by atoms with Gasteiger partial charge >= 0.3 is 5.51 Å². The lowest BCUT2D eigenvalue weighted by Crippen LogP contribution is -2.29. The summed E-state index contributed by atoms with van der Waals surface area (Å²) in [4.78, 5) is 14.7. The van der Waals surface area contributed by atoms with E-state index in [9.17, 15) is 26.6 Å². The van der Waals surface area contributed by atoms with E-state index in [1.807, 2.05) is 0 Å². The highest BCUT2D eigenvalue weighted by Gasteiger charge is 2.36. The van der Waals surface area contributed by atoms with E-state index in [1.165, 1.54) is 6.92 Å². The zero-order chi connectivity index (χ0) is 13.2. The van der Waals surface area contributed by atoms with Crippen LogP contribution in [0.4, 0.5) is 17.6 Å². The van der Waals surface area contributed by atoms with E-state index >= 15 is 0 Å². The second-order valence-corrected chi connectivity index (χ2v) is 4.70. The predicted molar refractivity (Wildman–Crippen MR) is 52.3 cm³/mol. The second-order valence-electron chi connectivity index (χ2n) is 3.14. The number of halogens is 4. The average Bonchev–Trinajstić information content (AvgIpc) is 2.23. The molecular formula is C8H8F4N2O2S. The Labute approximate surface area is 95.7 Å². The number of aryl methyl sites for hydroxylation is 2. The molecule has 0 aliphatic heterocycles. The quantitative estimate of drug-likeness (QED) is 0.770. The van der Waals surface area contributed by atoms with Crippen LogP contribution >= 0.6 is 0 Å². The SMILES string of the molecule is Cc1ncn(CCS(=O)C(F)(F)F)c(=O)c1F. The Morgan fingerprint density at radius 3 is 2.59 bits per heavy atom. The van der Waals surface area contributed by atoms with E-state index < -0.39 is 40.0 Å². The van der Waals surface area contributed by atoms with Crippen molar-refractivity contribution in [2.24, 2.45) is 0 Å². The van der Waals surface area contributed by atoms with Crippen molar-refractivity contribution < 1.29 is 21.8 Å². The van der Waals surface area contributed by atoms with Crippen LogP contribution in [0, 0.1) is 12.7 Å². The number of hydrogen-bond acceptors (Lipinski definition) is 3. The highest BCUT2D eigenvalue weighted by molar-refractivity contribution is 7.85. The molecule has 0 saturated heterocycles. The van der Waals surface area contributed by atoms with Crippen LogP contribution < -0.4 is 5.56 Å². The van der Waals surface area contributed by atoms with Crippen molar-refractivity contribution in [1.29, 1.82) is 0 Å². The monoisotopic (exact) mass is 272 g/mol. The third-order valence-corrected chi connectivity index (χ3v) is 3.00. The molecular weight excluding hydrogens is 264 g/mol. The number of aromatic nitrogens is 2. The standard InChI is InChI=1S/C8H8F4N2O2S/c1-5-6(9)7(15)14(4-13-5)2-3-17(16)8(10,11)12/h4H,2-3H2,1H3. The summed E-state index contributed by atoms with van der Waals surface area (Å²) >= 11 is 0. The highest BCUT2D eigenvalue weighted by Crippen LogP contribution is 2.19. The van der Waals surface area contributed by atoms with Gasteiger partial charge in [-0.15, -0.1) is 0 Å². The first-order valence-electron chi connectivity index (χ1n) is 4.40. The molecule has 0 saturated carbocycles. The van der Waals surface area contributed by atoms with E-state index in [2.05, 4.69) is 4.98 Å². The van der Waals surface area contributed by atoms with Gasteiger partial charge in [-0.25, -0.2) is 4.98 Å². The van der Waals surface area contributed by atoms with Crippen LogP contribution in [-0.2, 0) is 17.3 Å². The van der Waals surface area contributed by atoms with Gasteiger partial charge in [0.2, 0.25) is 5.82 Å². The Morgan fingerprint density at radius 2 is 2.06 bits per heavy atom. The maximum absolute atomic E-state index is 13.1. The molecule has 0 N–H and O–H groups in total. The Balaban J connectivity index is 2.82. The van der Waals surface area contributed by atoms with E-state index in [0.717, 1.165) is 6.33 Å². The largest absolute Gasteiger partial charge is 0.471 e. The van der Waals surface area contributed by atoms with Gasteiger partial charge in [0, 0.05) is 6.54 Å². The molecule has 1 unspecified atom stereocenters. The lowest BCUT2D eigenvalue weighted by atomic mass is 10.4. The first-order valence-corrected chi connectivity index (χ1v) is 5.72. The van der Waals surface area contributed by atoms with Crippen LogP contribution in [0.1, 0.15) is 5.69 Å². The van der Waals surface area contributed by atoms with Gasteiger partial charge in [0.1, 0.15) is 10.8 Å². The Morgan fingerprint density at radius 1 is 1.47 bits per heavy atom. The number of rotatable bonds is 3. The highest BCUT2D eigenvalue weighted by atomic mass is 32.2. The summed E-state index contributed by atoms with van der Waals surface area (Å²) in [6.45, 7) is 0.754. The Bertz CT molecular complexity index is 497. The molecule has 1 atom stereocenters. The summed E-state index contributed by atoms with van der Waals surface area (Å²) in [5, 5.41) is 0. The summed E-state index contributed by atoms with van der Waals surface area (Å²) in [5.41, 5.74) is -6.04. The van der Waals surface area contributed by atoms with Crippen molar-refractivity contribution in [1.82, 2.24) is 9.55 Å². The molecule has 0 fully saturated rings. The maximum Gasteiger partial charge on any atom is 0.471 e. The normalized spacial score (nSPS) is 13.7. The molecule has 0 radical (unpaired) electrons. The van der Waals surface area contributed by atoms with Crippen molar-refractivity contribution in [3.63, 3.8) is 0 Å². The fraction of sp³-hybridized carbons (Fsp3) is 0.500.